The molecule has 0 fully saturated rings. The highest BCUT2D eigenvalue weighted by atomic mass is 35.5. The Balaban J connectivity index is 2.26. The number of hydrogen-bond donors (Lipinski definition) is 2. The minimum Gasteiger partial charge on any atom is -0.384 e. The van der Waals surface area contributed by atoms with E-state index in [2.05, 4.69) is 4.99 Å². The van der Waals surface area contributed by atoms with Crippen LogP contribution in [0.5, 0.6) is 0 Å². The SMILES string of the molecule is CCSc1ccc(F)cc1C1(O)C(N)=Nc2ccc(Cl)cc21. The zero-order valence-electron chi connectivity index (χ0n) is 11.8. The second kappa shape index (κ2) is 5.57. The number of hydrogen-bond acceptors (Lipinski definition) is 4. The fraction of sp³-hybridized carbons (Fsp3) is 0.188. The summed E-state index contributed by atoms with van der Waals surface area (Å²) < 4.78 is 13.8. The van der Waals surface area contributed by atoms with Crippen molar-refractivity contribution in [1.29, 1.82) is 0 Å². The van der Waals surface area contributed by atoms with Gasteiger partial charge in [-0.25, -0.2) is 9.38 Å². The number of aliphatic imine (C=N–C) groups is 1. The van der Waals surface area contributed by atoms with Crippen LogP contribution in [0.3, 0.4) is 0 Å². The van der Waals surface area contributed by atoms with Crippen molar-refractivity contribution in [3.05, 3.63) is 58.4 Å². The van der Waals surface area contributed by atoms with Gasteiger partial charge in [-0.3, -0.25) is 0 Å². The Morgan fingerprint density at radius 3 is 2.77 bits per heavy atom. The van der Waals surface area contributed by atoms with Gasteiger partial charge in [0.25, 0.3) is 0 Å². The highest BCUT2D eigenvalue weighted by Crippen LogP contribution is 2.45. The molecule has 1 aliphatic rings. The van der Waals surface area contributed by atoms with Crippen molar-refractivity contribution < 1.29 is 9.50 Å². The second-order valence-corrected chi connectivity index (χ2v) is 6.68. The lowest BCUT2D eigenvalue weighted by atomic mass is 9.86. The lowest BCUT2D eigenvalue weighted by Crippen LogP contribution is -2.40. The minimum absolute atomic E-state index is 0.0216. The van der Waals surface area contributed by atoms with Crippen molar-refractivity contribution >= 4 is 34.9 Å². The summed E-state index contributed by atoms with van der Waals surface area (Å²) in [6.45, 7) is 1.98. The monoisotopic (exact) mass is 336 g/mol. The Morgan fingerprint density at radius 2 is 2.05 bits per heavy atom. The van der Waals surface area contributed by atoms with Crippen LogP contribution in [0, 0.1) is 5.82 Å². The number of halogens is 2. The van der Waals surface area contributed by atoms with Crippen molar-refractivity contribution in [2.75, 3.05) is 5.75 Å². The van der Waals surface area contributed by atoms with Crippen LogP contribution in [-0.2, 0) is 5.60 Å². The molecule has 22 heavy (non-hydrogen) atoms. The molecular formula is C16H14ClFN2OS. The van der Waals surface area contributed by atoms with Crippen LogP contribution in [0.4, 0.5) is 10.1 Å². The number of nitrogens with two attached hydrogens (primary N) is 1. The fourth-order valence-electron chi connectivity index (χ4n) is 2.59. The molecule has 0 radical (unpaired) electrons. The molecule has 0 spiro atoms. The summed E-state index contributed by atoms with van der Waals surface area (Å²) in [4.78, 5) is 4.97. The van der Waals surface area contributed by atoms with Gasteiger partial charge in [0.15, 0.2) is 5.60 Å². The predicted octanol–water partition coefficient (Wildman–Crippen LogP) is 3.83. The molecule has 1 atom stereocenters. The van der Waals surface area contributed by atoms with E-state index in [1.165, 1.54) is 23.9 Å². The first-order valence-electron chi connectivity index (χ1n) is 6.76. The molecule has 3 nitrogen and oxygen atoms in total. The van der Waals surface area contributed by atoms with Gasteiger partial charge >= 0.3 is 0 Å². The molecular weight excluding hydrogens is 323 g/mol. The molecule has 114 valence electrons. The zero-order valence-corrected chi connectivity index (χ0v) is 13.4. The van der Waals surface area contributed by atoms with E-state index >= 15 is 0 Å². The fourth-order valence-corrected chi connectivity index (χ4v) is 3.60. The number of nitrogens with zero attached hydrogens (tertiary/aromatic N) is 1. The normalized spacial score (nSPS) is 19.9. The quantitative estimate of drug-likeness (QED) is 0.837. The summed E-state index contributed by atoms with van der Waals surface area (Å²) >= 11 is 7.54. The van der Waals surface area contributed by atoms with Gasteiger partial charge in [0.2, 0.25) is 0 Å². The van der Waals surface area contributed by atoms with E-state index < -0.39 is 11.4 Å². The molecule has 2 aromatic carbocycles. The minimum atomic E-state index is -1.67. The Bertz CT molecular complexity index is 781. The summed E-state index contributed by atoms with van der Waals surface area (Å²) in [5.74, 6) is 0.370. The van der Waals surface area contributed by atoms with E-state index in [0.717, 1.165) is 10.6 Å². The van der Waals surface area contributed by atoms with Crippen LogP contribution in [-0.4, -0.2) is 16.7 Å². The predicted molar refractivity (Wildman–Crippen MR) is 88.5 cm³/mol. The van der Waals surface area contributed by atoms with E-state index in [0.29, 0.717) is 21.8 Å². The highest BCUT2D eigenvalue weighted by Gasteiger charge is 2.44. The Morgan fingerprint density at radius 1 is 1.27 bits per heavy atom. The van der Waals surface area contributed by atoms with E-state index in [4.69, 9.17) is 17.3 Å². The average Bonchev–Trinajstić information content (AvgIpc) is 2.74. The molecule has 0 aliphatic carbocycles. The van der Waals surface area contributed by atoms with Crippen molar-refractivity contribution in [3.8, 4) is 0 Å². The molecule has 2 aromatic rings. The maximum absolute atomic E-state index is 13.8. The Hall–Kier alpha value is -1.56. The molecule has 0 saturated carbocycles. The number of thioether (sulfide) groups is 1. The van der Waals surface area contributed by atoms with Gasteiger partial charge in [-0.1, -0.05) is 18.5 Å². The topological polar surface area (TPSA) is 58.6 Å². The van der Waals surface area contributed by atoms with Gasteiger partial charge in [0.05, 0.1) is 5.69 Å². The molecule has 6 heteroatoms. The van der Waals surface area contributed by atoms with E-state index in [1.54, 1.807) is 24.3 Å². The number of rotatable bonds is 3. The first-order valence-corrected chi connectivity index (χ1v) is 8.13. The van der Waals surface area contributed by atoms with Crippen molar-refractivity contribution in [2.24, 2.45) is 10.7 Å². The number of aliphatic hydroxyl groups is 1. The highest BCUT2D eigenvalue weighted by molar-refractivity contribution is 7.99. The number of amidine groups is 1. The first kappa shape index (κ1) is 15.3. The standard InChI is InChI=1S/C16H14ClFN2OS/c1-2-22-14-6-4-10(18)8-12(14)16(21)11-7-9(17)3-5-13(11)20-15(16)19/h3-8,21H,2H2,1H3,(H2,19,20). The molecule has 0 saturated heterocycles. The maximum Gasteiger partial charge on any atom is 0.175 e. The van der Waals surface area contributed by atoms with Crippen LogP contribution < -0.4 is 5.73 Å². The van der Waals surface area contributed by atoms with Crippen LogP contribution in [0.1, 0.15) is 18.1 Å². The summed E-state index contributed by atoms with van der Waals surface area (Å²) in [5, 5.41) is 11.7. The average molecular weight is 337 g/mol. The van der Waals surface area contributed by atoms with Crippen molar-refractivity contribution in [1.82, 2.24) is 0 Å². The molecule has 1 aliphatic heterocycles. The van der Waals surface area contributed by atoms with Crippen molar-refractivity contribution in [2.45, 2.75) is 17.4 Å². The molecule has 0 aromatic heterocycles. The van der Waals surface area contributed by atoms with E-state index in [-0.39, 0.29) is 5.84 Å². The lowest BCUT2D eigenvalue weighted by molar-refractivity contribution is 0.155. The Labute approximate surface area is 137 Å². The third kappa shape index (κ3) is 2.29. The van der Waals surface area contributed by atoms with Crippen LogP contribution >= 0.6 is 23.4 Å². The summed E-state index contributed by atoms with van der Waals surface area (Å²) in [6.07, 6.45) is 0. The smallest absolute Gasteiger partial charge is 0.175 e. The maximum atomic E-state index is 13.8. The van der Waals surface area contributed by atoms with Gasteiger partial charge in [0.1, 0.15) is 11.7 Å². The Kier molecular flexibility index (Phi) is 3.89. The molecule has 3 rings (SSSR count). The van der Waals surface area contributed by atoms with Crippen LogP contribution in [0.2, 0.25) is 5.02 Å². The third-order valence-electron chi connectivity index (χ3n) is 3.59. The molecule has 0 bridgehead atoms. The first-order chi connectivity index (χ1) is 10.5. The third-order valence-corrected chi connectivity index (χ3v) is 4.78. The molecule has 1 heterocycles. The van der Waals surface area contributed by atoms with E-state index in [9.17, 15) is 9.50 Å². The van der Waals surface area contributed by atoms with Gasteiger partial charge in [-0.2, -0.15) is 0 Å². The molecule has 1 unspecified atom stereocenters. The van der Waals surface area contributed by atoms with Crippen molar-refractivity contribution in [3.63, 3.8) is 0 Å². The van der Waals surface area contributed by atoms with Gasteiger partial charge in [-0.05, 0) is 42.2 Å². The van der Waals surface area contributed by atoms with E-state index in [1.807, 2.05) is 6.92 Å². The zero-order chi connectivity index (χ0) is 15.9. The van der Waals surface area contributed by atoms with Crippen LogP contribution in [0.15, 0.2) is 46.3 Å². The summed E-state index contributed by atoms with van der Waals surface area (Å²) in [5.41, 5.74) is 5.73. The van der Waals surface area contributed by atoms with Crippen LogP contribution in [0.25, 0.3) is 0 Å². The number of benzene rings is 2. The summed E-state index contributed by atoms with van der Waals surface area (Å²) in [7, 11) is 0. The second-order valence-electron chi connectivity index (χ2n) is 4.94. The van der Waals surface area contributed by atoms with Gasteiger partial charge < -0.3 is 10.8 Å². The van der Waals surface area contributed by atoms with Gasteiger partial charge in [-0.15, -0.1) is 11.8 Å². The molecule has 3 N–H and O–H groups in total. The lowest BCUT2D eigenvalue weighted by Gasteiger charge is -2.27. The number of fused-ring (bicyclic) bond motifs is 1. The summed E-state index contributed by atoms with van der Waals surface area (Å²) in [6, 6.07) is 9.30. The molecule has 0 amide bonds. The largest absolute Gasteiger partial charge is 0.384 e. The van der Waals surface area contributed by atoms with Gasteiger partial charge in [0, 0.05) is 21.0 Å².